The number of anilines is 1. The van der Waals surface area contributed by atoms with Crippen molar-refractivity contribution in [3.05, 3.63) is 81.8 Å². The van der Waals surface area contributed by atoms with Crippen molar-refractivity contribution in [1.82, 2.24) is 9.55 Å². The van der Waals surface area contributed by atoms with Gasteiger partial charge in [0.15, 0.2) is 11.5 Å². The molecule has 31 heavy (non-hydrogen) atoms. The van der Waals surface area contributed by atoms with Crippen LogP contribution in [0.15, 0.2) is 65.8 Å². The number of rotatable bonds is 7. The first-order chi connectivity index (χ1) is 15.0. The van der Waals surface area contributed by atoms with Crippen LogP contribution in [0.25, 0.3) is 11.0 Å². The third-order valence-electron chi connectivity index (χ3n) is 4.75. The molecule has 0 unspecified atom stereocenters. The SMILES string of the molecule is COc1cc(/C=N\Nc2nc3ccccc3n2C)ccc1OCc1ccc(Cl)cc1Cl. The second kappa shape index (κ2) is 9.29. The van der Waals surface area contributed by atoms with E-state index in [2.05, 4.69) is 15.5 Å². The predicted octanol–water partition coefficient (Wildman–Crippen LogP) is 5.91. The molecular weight excluding hydrogens is 435 g/mol. The highest BCUT2D eigenvalue weighted by atomic mass is 35.5. The second-order valence-electron chi connectivity index (χ2n) is 6.79. The van der Waals surface area contributed by atoms with Gasteiger partial charge in [-0.25, -0.2) is 10.4 Å². The van der Waals surface area contributed by atoms with E-state index in [1.54, 1.807) is 25.5 Å². The summed E-state index contributed by atoms with van der Waals surface area (Å²) in [6, 6.07) is 18.8. The topological polar surface area (TPSA) is 60.7 Å². The number of aryl methyl sites for hydroxylation is 1. The Morgan fingerprint density at radius 3 is 2.68 bits per heavy atom. The molecule has 0 saturated heterocycles. The van der Waals surface area contributed by atoms with Gasteiger partial charge >= 0.3 is 0 Å². The van der Waals surface area contributed by atoms with E-state index in [0.29, 0.717) is 34.1 Å². The fourth-order valence-electron chi connectivity index (χ4n) is 3.09. The number of hydrogen-bond acceptors (Lipinski definition) is 5. The Morgan fingerprint density at radius 2 is 1.90 bits per heavy atom. The number of nitrogens with zero attached hydrogens (tertiary/aromatic N) is 3. The maximum atomic E-state index is 6.21. The van der Waals surface area contributed by atoms with Crippen molar-refractivity contribution < 1.29 is 9.47 Å². The van der Waals surface area contributed by atoms with Crippen LogP contribution in [0.5, 0.6) is 11.5 Å². The summed E-state index contributed by atoms with van der Waals surface area (Å²) >= 11 is 12.2. The van der Waals surface area contributed by atoms with Crippen LogP contribution in [-0.2, 0) is 13.7 Å². The number of fused-ring (bicyclic) bond motifs is 1. The number of nitrogens with one attached hydrogen (secondary N) is 1. The fourth-order valence-corrected chi connectivity index (χ4v) is 3.55. The standard InChI is InChI=1S/C23H20Cl2N4O2/c1-29-20-6-4-3-5-19(20)27-23(29)28-26-13-15-7-10-21(22(11-15)30-2)31-14-16-8-9-17(24)12-18(16)25/h3-13H,14H2,1-2H3,(H,27,28)/b26-13-. The van der Waals surface area contributed by atoms with Crippen molar-refractivity contribution in [2.24, 2.45) is 12.1 Å². The third-order valence-corrected chi connectivity index (χ3v) is 5.34. The minimum atomic E-state index is 0.300. The van der Waals surface area contributed by atoms with Gasteiger partial charge in [-0.3, -0.25) is 0 Å². The summed E-state index contributed by atoms with van der Waals surface area (Å²) in [5.41, 5.74) is 6.61. The van der Waals surface area contributed by atoms with Crippen LogP contribution in [0.4, 0.5) is 5.95 Å². The minimum Gasteiger partial charge on any atom is -0.493 e. The number of aromatic nitrogens is 2. The highest BCUT2D eigenvalue weighted by molar-refractivity contribution is 6.35. The fraction of sp³-hybridized carbons (Fsp3) is 0.130. The second-order valence-corrected chi connectivity index (χ2v) is 7.63. The van der Waals surface area contributed by atoms with Gasteiger partial charge in [0, 0.05) is 22.7 Å². The van der Waals surface area contributed by atoms with Crippen molar-refractivity contribution in [2.75, 3.05) is 12.5 Å². The van der Waals surface area contributed by atoms with Crippen LogP contribution in [0.1, 0.15) is 11.1 Å². The molecule has 3 aromatic carbocycles. The van der Waals surface area contributed by atoms with Gasteiger partial charge in [0.25, 0.3) is 0 Å². The van der Waals surface area contributed by atoms with E-state index in [4.69, 9.17) is 32.7 Å². The zero-order chi connectivity index (χ0) is 21.8. The smallest absolute Gasteiger partial charge is 0.224 e. The third kappa shape index (κ3) is 4.76. The predicted molar refractivity (Wildman–Crippen MR) is 126 cm³/mol. The van der Waals surface area contributed by atoms with E-state index in [-0.39, 0.29) is 0 Å². The summed E-state index contributed by atoms with van der Waals surface area (Å²) in [5, 5.41) is 5.45. The Kier molecular flexibility index (Phi) is 6.30. The van der Waals surface area contributed by atoms with Crippen LogP contribution in [0.3, 0.4) is 0 Å². The number of para-hydroxylation sites is 2. The molecule has 0 aliphatic heterocycles. The molecule has 4 rings (SSSR count). The lowest BCUT2D eigenvalue weighted by Gasteiger charge is -2.12. The first kappa shape index (κ1) is 21.0. The Balaban J connectivity index is 1.45. The van der Waals surface area contributed by atoms with Gasteiger partial charge < -0.3 is 14.0 Å². The van der Waals surface area contributed by atoms with Gasteiger partial charge in [-0.1, -0.05) is 41.4 Å². The number of benzene rings is 3. The molecule has 0 atom stereocenters. The molecule has 6 nitrogen and oxygen atoms in total. The molecule has 1 N–H and O–H groups in total. The summed E-state index contributed by atoms with van der Waals surface area (Å²) in [6.07, 6.45) is 1.70. The van der Waals surface area contributed by atoms with Crippen LogP contribution < -0.4 is 14.9 Å². The Bertz CT molecular complexity index is 1250. The molecule has 0 bridgehead atoms. The zero-order valence-electron chi connectivity index (χ0n) is 17.0. The van der Waals surface area contributed by atoms with Crippen LogP contribution in [0, 0.1) is 0 Å². The van der Waals surface area contributed by atoms with E-state index >= 15 is 0 Å². The molecule has 8 heteroatoms. The summed E-state index contributed by atoms with van der Waals surface area (Å²) < 4.78 is 13.3. The lowest BCUT2D eigenvalue weighted by atomic mass is 10.2. The zero-order valence-corrected chi connectivity index (χ0v) is 18.5. The summed E-state index contributed by atoms with van der Waals surface area (Å²) in [7, 11) is 3.53. The average Bonchev–Trinajstić information content (AvgIpc) is 3.09. The van der Waals surface area contributed by atoms with E-state index in [0.717, 1.165) is 22.2 Å². The van der Waals surface area contributed by atoms with Gasteiger partial charge in [0.05, 0.1) is 24.4 Å². The van der Waals surface area contributed by atoms with Gasteiger partial charge in [-0.05, 0) is 48.0 Å². The number of halogens is 2. The normalized spacial score (nSPS) is 11.2. The maximum absolute atomic E-state index is 6.21. The molecule has 0 aliphatic rings. The molecule has 0 amide bonds. The molecule has 0 fully saturated rings. The number of ether oxygens (including phenoxy) is 2. The van der Waals surface area contributed by atoms with Crippen LogP contribution >= 0.6 is 23.2 Å². The summed E-state index contributed by atoms with van der Waals surface area (Å²) in [6.45, 7) is 0.300. The maximum Gasteiger partial charge on any atom is 0.224 e. The number of hydrogen-bond donors (Lipinski definition) is 1. The van der Waals surface area contributed by atoms with E-state index in [1.807, 2.05) is 60.1 Å². The largest absolute Gasteiger partial charge is 0.493 e. The lowest BCUT2D eigenvalue weighted by molar-refractivity contribution is 0.284. The van der Waals surface area contributed by atoms with Crippen molar-refractivity contribution in [2.45, 2.75) is 6.61 Å². The van der Waals surface area contributed by atoms with Crippen molar-refractivity contribution in [1.29, 1.82) is 0 Å². The first-order valence-electron chi connectivity index (χ1n) is 9.50. The Labute approximate surface area is 190 Å². The number of methoxy groups -OCH3 is 1. The van der Waals surface area contributed by atoms with Gasteiger partial charge in [-0.15, -0.1) is 0 Å². The molecule has 1 heterocycles. The number of imidazole rings is 1. The van der Waals surface area contributed by atoms with Crippen molar-refractivity contribution in [3.63, 3.8) is 0 Å². The molecule has 0 radical (unpaired) electrons. The highest BCUT2D eigenvalue weighted by Gasteiger charge is 2.08. The minimum absolute atomic E-state index is 0.300. The Morgan fingerprint density at radius 1 is 1.06 bits per heavy atom. The average molecular weight is 455 g/mol. The molecule has 0 spiro atoms. The van der Waals surface area contributed by atoms with Crippen molar-refractivity contribution >= 4 is 46.4 Å². The molecule has 0 saturated carbocycles. The summed E-state index contributed by atoms with van der Waals surface area (Å²) in [5.74, 6) is 1.86. The molecule has 0 aliphatic carbocycles. The molecular formula is C23H20Cl2N4O2. The molecule has 158 valence electrons. The van der Waals surface area contributed by atoms with E-state index < -0.39 is 0 Å². The number of hydrazone groups is 1. The van der Waals surface area contributed by atoms with Gasteiger partial charge in [-0.2, -0.15) is 5.10 Å². The summed E-state index contributed by atoms with van der Waals surface area (Å²) in [4.78, 5) is 4.53. The highest BCUT2D eigenvalue weighted by Crippen LogP contribution is 2.30. The first-order valence-corrected chi connectivity index (χ1v) is 10.3. The quantitative estimate of drug-likeness (QED) is 0.278. The van der Waals surface area contributed by atoms with E-state index in [1.165, 1.54) is 0 Å². The lowest BCUT2D eigenvalue weighted by Crippen LogP contribution is -2.00. The van der Waals surface area contributed by atoms with Gasteiger partial charge in [0.1, 0.15) is 6.61 Å². The Hall–Kier alpha value is -3.22. The molecule has 1 aromatic heterocycles. The van der Waals surface area contributed by atoms with Gasteiger partial charge in [0.2, 0.25) is 5.95 Å². The molecule has 4 aromatic rings. The van der Waals surface area contributed by atoms with Crippen LogP contribution in [0.2, 0.25) is 10.0 Å². The monoisotopic (exact) mass is 454 g/mol. The van der Waals surface area contributed by atoms with Crippen molar-refractivity contribution in [3.8, 4) is 11.5 Å². The van der Waals surface area contributed by atoms with Crippen LogP contribution in [-0.4, -0.2) is 22.9 Å². The van der Waals surface area contributed by atoms with E-state index in [9.17, 15) is 0 Å².